The fourth-order valence-electron chi connectivity index (χ4n) is 2.01. The van der Waals surface area contributed by atoms with Crippen LogP contribution in [0.2, 0.25) is 0 Å². The topological polar surface area (TPSA) is 48.1 Å². The highest BCUT2D eigenvalue weighted by atomic mass is 16.5. The van der Waals surface area contributed by atoms with Crippen molar-refractivity contribution in [2.45, 2.75) is 39.2 Å². The average Bonchev–Trinajstić information content (AvgIpc) is 2.30. The SMILES string of the molecule is CCc1ccc(CC(N)CC(C)COC)nc1. The average molecular weight is 236 g/mol. The van der Waals surface area contributed by atoms with Crippen LogP contribution in [-0.2, 0) is 17.6 Å². The van der Waals surface area contributed by atoms with E-state index >= 15 is 0 Å². The van der Waals surface area contributed by atoms with E-state index in [9.17, 15) is 0 Å². The number of ether oxygens (including phenoxy) is 1. The van der Waals surface area contributed by atoms with Crippen LogP contribution in [0.3, 0.4) is 0 Å². The minimum absolute atomic E-state index is 0.167. The number of hydrogen-bond donors (Lipinski definition) is 1. The van der Waals surface area contributed by atoms with Gasteiger partial charge in [-0.05, 0) is 30.4 Å². The predicted octanol–water partition coefficient (Wildman–Crippen LogP) is 2.19. The molecule has 1 aromatic heterocycles. The van der Waals surface area contributed by atoms with Crippen LogP contribution in [0.15, 0.2) is 18.3 Å². The summed E-state index contributed by atoms with van der Waals surface area (Å²) in [5.74, 6) is 0.505. The Morgan fingerprint density at radius 3 is 2.71 bits per heavy atom. The molecule has 0 aliphatic rings. The number of aryl methyl sites for hydroxylation is 1. The molecular formula is C14H24N2O. The summed E-state index contributed by atoms with van der Waals surface area (Å²) >= 11 is 0. The number of methoxy groups -OCH3 is 1. The number of nitrogens with two attached hydrogens (primary N) is 1. The monoisotopic (exact) mass is 236 g/mol. The Labute approximate surface area is 104 Å². The molecule has 3 heteroatoms. The highest BCUT2D eigenvalue weighted by molar-refractivity contribution is 5.14. The van der Waals surface area contributed by atoms with Gasteiger partial charge in [0, 0.05) is 38.1 Å². The summed E-state index contributed by atoms with van der Waals surface area (Å²) in [7, 11) is 1.73. The molecule has 1 aromatic rings. The summed E-state index contributed by atoms with van der Waals surface area (Å²) in [6, 6.07) is 4.38. The second-order valence-corrected chi connectivity index (χ2v) is 4.77. The summed E-state index contributed by atoms with van der Waals surface area (Å²) in [6.45, 7) is 5.07. The third-order valence-corrected chi connectivity index (χ3v) is 2.92. The predicted molar refractivity (Wildman–Crippen MR) is 71.0 cm³/mol. The maximum atomic E-state index is 6.11. The van der Waals surface area contributed by atoms with Crippen molar-refractivity contribution in [2.24, 2.45) is 11.7 Å². The molecule has 17 heavy (non-hydrogen) atoms. The first kappa shape index (κ1) is 14.1. The normalized spacial score (nSPS) is 14.6. The first-order chi connectivity index (χ1) is 8.15. The molecule has 96 valence electrons. The lowest BCUT2D eigenvalue weighted by Crippen LogP contribution is -2.27. The lowest BCUT2D eigenvalue weighted by molar-refractivity contribution is 0.152. The zero-order valence-corrected chi connectivity index (χ0v) is 11.1. The van der Waals surface area contributed by atoms with Gasteiger partial charge in [0.2, 0.25) is 0 Å². The van der Waals surface area contributed by atoms with Gasteiger partial charge in [0.05, 0.1) is 0 Å². The van der Waals surface area contributed by atoms with Gasteiger partial charge in [-0.1, -0.05) is 19.9 Å². The third kappa shape index (κ3) is 5.29. The second kappa shape index (κ2) is 7.41. The van der Waals surface area contributed by atoms with Crippen molar-refractivity contribution in [2.75, 3.05) is 13.7 Å². The van der Waals surface area contributed by atoms with Crippen LogP contribution < -0.4 is 5.73 Å². The minimum Gasteiger partial charge on any atom is -0.384 e. The largest absolute Gasteiger partial charge is 0.384 e. The van der Waals surface area contributed by atoms with Crippen LogP contribution in [-0.4, -0.2) is 24.7 Å². The second-order valence-electron chi connectivity index (χ2n) is 4.77. The lowest BCUT2D eigenvalue weighted by Gasteiger charge is -2.16. The van der Waals surface area contributed by atoms with Crippen molar-refractivity contribution in [3.05, 3.63) is 29.6 Å². The molecule has 0 aromatic carbocycles. The molecule has 0 saturated carbocycles. The number of hydrogen-bond acceptors (Lipinski definition) is 3. The molecule has 2 N–H and O–H groups in total. The summed E-state index contributed by atoms with van der Waals surface area (Å²) < 4.78 is 5.11. The fraction of sp³-hybridized carbons (Fsp3) is 0.643. The van der Waals surface area contributed by atoms with Gasteiger partial charge >= 0.3 is 0 Å². The number of nitrogens with zero attached hydrogens (tertiary/aromatic N) is 1. The molecule has 1 rings (SSSR count). The molecule has 3 nitrogen and oxygen atoms in total. The van der Waals surface area contributed by atoms with Crippen LogP contribution in [0.25, 0.3) is 0 Å². The van der Waals surface area contributed by atoms with Crippen LogP contribution in [0.1, 0.15) is 31.5 Å². The van der Waals surface area contributed by atoms with Crippen LogP contribution >= 0.6 is 0 Å². The molecule has 0 aliphatic carbocycles. The standard InChI is InChI=1S/C14H24N2O/c1-4-12-5-6-14(16-9-12)8-13(15)7-11(2)10-17-3/h5-6,9,11,13H,4,7-8,10,15H2,1-3H3. The van der Waals surface area contributed by atoms with Crippen molar-refractivity contribution >= 4 is 0 Å². The van der Waals surface area contributed by atoms with Crippen molar-refractivity contribution in [3.63, 3.8) is 0 Å². The summed E-state index contributed by atoms with van der Waals surface area (Å²) in [6.07, 6.45) is 4.80. The molecule has 0 aliphatic heterocycles. The van der Waals surface area contributed by atoms with E-state index < -0.39 is 0 Å². The third-order valence-electron chi connectivity index (χ3n) is 2.92. The van der Waals surface area contributed by atoms with Crippen LogP contribution in [0.4, 0.5) is 0 Å². The van der Waals surface area contributed by atoms with Gasteiger partial charge in [-0.15, -0.1) is 0 Å². The highest BCUT2D eigenvalue weighted by Gasteiger charge is 2.10. The molecular weight excluding hydrogens is 212 g/mol. The van der Waals surface area contributed by atoms with Crippen molar-refractivity contribution in [3.8, 4) is 0 Å². The van der Waals surface area contributed by atoms with Crippen LogP contribution in [0.5, 0.6) is 0 Å². The molecule has 1 heterocycles. The molecule has 0 spiro atoms. The maximum Gasteiger partial charge on any atom is 0.0488 e. The Morgan fingerprint density at radius 2 is 2.18 bits per heavy atom. The van der Waals surface area contributed by atoms with Crippen molar-refractivity contribution in [1.82, 2.24) is 4.98 Å². The quantitative estimate of drug-likeness (QED) is 0.789. The first-order valence-corrected chi connectivity index (χ1v) is 6.34. The van der Waals surface area contributed by atoms with Crippen LogP contribution in [0, 0.1) is 5.92 Å². The van der Waals surface area contributed by atoms with Gasteiger partial charge in [0.1, 0.15) is 0 Å². The summed E-state index contributed by atoms with van der Waals surface area (Å²) in [5.41, 5.74) is 8.47. The van der Waals surface area contributed by atoms with Crippen molar-refractivity contribution in [1.29, 1.82) is 0 Å². The van der Waals surface area contributed by atoms with Gasteiger partial charge in [-0.25, -0.2) is 0 Å². The van der Waals surface area contributed by atoms with Gasteiger partial charge in [0.25, 0.3) is 0 Å². The number of rotatable bonds is 7. The molecule has 0 bridgehead atoms. The van der Waals surface area contributed by atoms with E-state index in [1.807, 2.05) is 6.20 Å². The smallest absolute Gasteiger partial charge is 0.0488 e. The molecule has 0 radical (unpaired) electrons. The van der Waals surface area contributed by atoms with E-state index in [1.54, 1.807) is 7.11 Å². The van der Waals surface area contributed by atoms with Crippen molar-refractivity contribution < 1.29 is 4.74 Å². The molecule has 0 amide bonds. The number of pyridine rings is 1. The molecule has 0 fully saturated rings. The van der Waals surface area contributed by atoms with E-state index in [-0.39, 0.29) is 6.04 Å². The van der Waals surface area contributed by atoms with E-state index in [1.165, 1.54) is 5.56 Å². The Kier molecular flexibility index (Phi) is 6.16. The first-order valence-electron chi connectivity index (χ1n) is 6.34. The fourth-order valence-corrected chi connectivity index (χ4v) is 2.01. The highest BCUT2D eigenvalue weighted by Crippen LogP contribution is 2.09. The molecule has 2 atom stereocenters. The van der Waals surface area contributed by atoms with E-state index in [4.69, 9.17) is 10.5 Å². The Morgan fingerprint density at radius 1 is 1.41 bits per heavy atom. The Bertz CT molecular complexity index is 311. The summed E-state index contributed by atoms with van der Waals surface area (Å²) in [4.78, 5) is 4.43. The van der Waals surface area contributed by atoms with Gasteiger partial charge < -0.3 is 10.5 Å². The van der Waals surface area contributed by atoms with E-state index in [0.29, 0.717) is 5.92 Å². The lowest BCUT2D eigenvalue weighted by atomic mass is 9.99. The minimum atomic E-state index is 0.167. The Hall–Kier alpha value is -0.930. The van der Waals surface area contributed by atoms with E-state index in [2.05, 4.69) is 31.0 Å². The zero-order chi connectivity index (χ0) is 12.7. The zero-order valence-electron chi connectivity index (χ0n) is 11.1. The molecule has 0 saturated heterocycles. The van der Waals surface area contributed by atoms with Gasteiger partial charge in [-0.2, -0.15) is 0 Å². The molecule has 2 unspecified atom stereocenters. The maximum absolute atomic E-state index is 6.11. The summed E-state index contributed by atoms with van der Waals surface area (Å²) in [5, 5.41) is 0. The van der Waals surface area contributed by atoms with E-state index in [0.717, 1.165) is 31.6 Å². The van der Waals surface area contributed by atoms with Gasteiger partial charge in [-0.3, -0.25) is 4.98 Å². The van der Waals surface area contributed by atoms with Gasteiger partial charge in [0.15, 0.2) is 0 Å². The Balaban J connectivity index is 2.41. The number of aromatic nitrogens is 1.